The molecular weight excluding hydrogens is 481 g/mol. The van der Waals surface area contributed by atoms with Gasteiger partial charge >= 0.3 is 0 Å². The van der Waals surface area contributed by atoms with Crippen LogP contribution < -0.4 is 5.32 Å². The molecule has 0 bridgehead atoms. The number of imidazole rings is 1. The lowest BCUT2D eigenvalue weighted by Gasteiger charge is -2.36. The van der Waals surface area contributed by atoms with Gasteiger partial charge in [0.2, 0.25) is 5.91 Å². The van der Waals surface area contributed by atoms with Gasteiger partial charge in [0.05, 0.1) is 29.2 Å². The molecule has 3 aromatic rings. The summed E-state index contributed by atoms with van der Waals surface area (Å²) in [6.07, 6.45) is 5.25. The lowest BCUT2D eigenvalue weighted by Crippen LogP contribution is -2.49. The normalized spacial score (nSPS) is 17.7. The molecule has 0 saturated carbocycles. The number of aromatic nitrogens is 3. The molecule has 36 heavy (non-hydrogen) atoms. The molecule has 1 saturated heterocycles. The predicted octanol–water partition coefficient (Wildman–Crippen LogP) is 4.51. The summed E-state index contributed by atoms with van der Waals surface area (Å²) >= 11 is 1.23. The van der Waals surface area contributed by atoms with Crippen molar-refractivity contribution in [1.82, 2.24) is 25.2 Å². The first-order valence-corrected chi connectivity index (χ1v) is 13.3. The van der Waals surface area contributed by atoms with Crippen molar-refractivity contribution in [3.63, 3.8) is 0 Å². The molecule has 0 aliphatic carbocycles. The molecule has 2 amide bonds. The number of nitrogens with zero attached hydrogens (tertiary/aromatic N) is 3. The van der Waals surface area contributed by atoms with Gasteiger partial charge in [-0.2, -0.15) is 0 Å². The Labute approximate surface area is 213 Å². The van der Waals surface area contributed by atoms with Gasteiger partial charge in [-0.05, 0) is 44.7 Å². The number of benzene rings is 1. The number of aromatic amines is 1. The average Bonchev–Trinajstić information content (AvgIpc) is 3.51. The number of para-hydroxylation sites is 1. The molecule has 10 heteroatoms. The van der Waals surface area contributed by atoms with Crippen molar-refractivity contribution in [2.75, 3.05) is 6.54 Å². The first-order valence-electron chi connectivity index (χ1n) is 12.5. The molecule has 1 aliphatic heterocycles. The van der Waals surface area contributed by atoms with Crippen molar-refractivity contribution >= 4 is 40.0 Å². The Morgan fingerprint density at radius 2 is 2.08 bits per heavy atom. The van der Waals surface area contributed by atoms with Crippen LogP contribution in [0.5, 0.6) is 0 Å². The van der Waals surface area contributed by atoms with E-state index in [1.54, 1.807) is 19.1 Å². The fourth-order valence-corrected chi connectivity index (χ4v) is 5.46. The van der Waals surface area contributed by atoms with Gasteiger partial charge in [0.25, 0.3) is 5.91 Å². The minimum absolute atomic E-state index is 0.0403. The number of amides is 2. The fraction of sp³-hybridized carbons (Fsp3) is 0.500. The Bertz CT molecular complexity index is 1260. The number of H-pyrrole nitrogens is 1. The van der Waals surface area contributed by atoms with Crippen LogP contribution >= 0.6 is 11.3 Å². The van der Waals surface area contributed by atoms with E-state index in [2.05, 4.69) is 27.2 Å². The van der Waals surface area contributed by atoms with E-state index in [4.69, 9.17) is 0 Å². The summed E-state index contributed by atoms with van der Waals surface area (Å²) in [5.74, 6) is -1.12. The van der Waals surface area contributed by atoms with Gasteiger partial charge < -0.3 is 15.2 Å². The standard InChI is InChI=1S/C26H32FN5O3S/c1-4-17-8-5-6-11-32(17)23(34)13-20(30-26(35)22-14-28-16(3)36-22)21(33)12-15(2)25-29-19-10-7-9-18(27)24(19)31-25/h7,9-10,14-15,17,20H,4-6,8,11-13H2,1-3H3,(H,29,31)(H,30,35)/t15-,17+,20+/m1/s1. The zero-order chi connectivity index (χ0) is 25.8. The van der Waals surface area contributed by atoms with E-state index >= 15 is 0 Å². The smallest absolute Gasteiger partial charge is 0.263 e. The Morgan fingerprint density at radius 3 is 2.78 bits per heavy atom. The third kappa shape index (κ3) is 5.80. The molecule has 192 valence electrons. The van der Waals surface area contributed by atoms with Gasteiger partial charge in [0.15, 0.2) is 11.6 Å². The summed E-state index contributed by atoms with van der Waals surface area (Å²) in [4.78, 5) is 53.4. The summed E-state index contributed by atoms with van der Waals surface area (Å²) in [6.45, 7) is 6.34. The molecule has 1 aromatic carbocycles. The first kappa shape index (κ1) is 25.9. The van der Waals surface area contributed by atoms with Crippen molar-refractivity contribution in [1.29, 1.82) is 0 Å². The average molecular weight is 514 g/mol. The number of nitrogens with one attached hydrogen (secondary N) is 2. The minimum atomic E-state index is -0.976. The van der Waals surface area contributed by atoms with E-state index in [1.165, 1.54) is 23.6 Å². The zero-order valence-electron chi connectivity index (χ0n) is 20.8. The van der Waals surface area contributed by atoms with E-state index in [1.807, 2.05) is 11.8 Å². The predicted molar refractivity (Wildman–Crippen MR) is 136 cm³/mol. The second kappa shape index (κ2) is 11.3. The lowest BCUT2D eigenvalue weighted by molar-refractivity contribution is -0.137. The molecule has 4 rings (SSSR count). The van der Waals surface area contributed by atoms with Gasteiger partial charge in [-0.15, -0.1) is 11.3 Å². The molecule has 3 atom stereocenters. The summed E-state index contributed by atoms with van der Waals surface area (Å²) in [5.41, 5.74) is 0.781. The number of ketones is 1. The van der Waals surface area contributed by atoms with Crippen LogP contribution in [0.2, 0.25) is 0 Å². The molecule has 1 fully saturated rings. The second-order valence-corrected chi connectivity index (χ2v) is 10.7. The molecule has 0 unspecified atom stereocenters. The van der Waals surface area contributed by atoms with Crippen molar-refractivity contribution in [2.24, 2.45) is 0 Å². The highest BCUT2D eigenvalue weighted by molar-refractivity contribution is 7.13. The van der Waals surface area contributed by atoms with Gasteiger partial charge in [0, 0.05) is 24.9 Å². The number of Topliss-reactive ketones (excluding diaryl/α,β-unsaturated/α-hetero) is 1. The number of piperidine rings is 1. The van der Waals surface area contributed by atoms with Gasteiger partial charge in [-0.3, -0.25) is 14.4 Å². The minimum Gasteiger partial charge on any atom is -0.342 e. The fourth-order valence-electron chi connectivity index (χ4n) is 4.78. The number of aryl methyl sites for hydroxylation is 1. The van der Waals surface area contributed by atoms with Crippen LogP contribution in [0, 0.1) is 12.7 Å². The summed E-state index contributed by atoms with van der Waals surface area (Å²) in [5, 5.41) is 3.53. The number of hydrogen-bond donors (Lipinski definition) is 2. The van der Waals surface area contributed by atoms with Gasteiger partial charge in [0.1, 0.15) is 16.2 Å². The SMILES string of the molecule is CC[C@H]1CCCCN1C(=O)C[C@H](NC(=O)c1cnc(C)s1)C(=O)C[C@@H](C)c1nc2c(F)cccc2[nH]1. The summed E-state index contributed by atoms with van der Waals surface area (Å²) in [6, 6.07) is 3.84. The van der Waals surface area contributed by atoms with Crippen LogP contribution in [0.3, 0.4) is 0 Å². The number of halogens is 1. The Balaban J connectivity index is 1.51. The van der Waals surface area contributed by atoms with Crippen LogP contribution in [0.1, 0.15) is 78.8 Å². The number of carbonyl (C=O) groups excluding carboxylic acids is 3. The largest absolute Gasteiger partial charge is 0.342 e. The molecule has 1 aliphatic rings. The highest BCUT2D eigenvalue weighted by atomic mass is 32.1. The Morgan fingerprint density at radius 1 is 1.28 bits per heavy atom. The molecule has 0 radical (unpaired) electrons. The number of rotatable bonds is 9. The van der Waals surface area contributed by atoms with E-state index < -0.39 is 17.8 Å². The quantitative estimate of drug-likeness (QED) is 0.438. The van der Waals surface area contributed by atoms with Crippen molar-refractivity contribution < 1.29 is 18.8 Å². The van der Waals surface area contributed by atoms with Gasteiger partial charge in [-0.1, -0.05) is 19.9 Å². The first-order chi connectivity index (χ1) is 17.3. The van der Waals surface area contributed by atoms with E-state index in [-0.39, 0.29) is 42.0 Å². The Kier molecular flexibility index (Phi) is 8.13. The molecule has 3 heterocycles. The highest BCUT2D eigenvalue weighted by Crippen LogP contribution is 2.25. The van der Waals surface area contributed by atoms with Crippen molar-refractivity contribution in [2.45, 2.75) is 77.3 Å². The molecule has 2 aromatic heterocycles. The Hall–Kier alpha value is -3.14. The second-order valence-electron chi connectivity index (χ2n) is 9.45. The van der Waals surface area contributed by atoms with E-state index in [0.717, 1.165) is 30.7 Å². The van der Waals surface area contributed by atoms with Gasteiger partial charge in [-0.25, -0.2) is 14.4 Å². The summed E-state index contributed by atoms with van der Waals surface area (Å²) in [7, 11) is 0. The molecule has 0 spiro atoms. The van der Waals surface area contributed by atoms with E-state index in [9.17, 15) is 18.8 Å². The van der Waals surface area contributed by atoms with Crippen molar-refractivity contribution in [3.05, 3.63) is 45.9 Å². The highest BCUT2D eigenvalue weighted by Gasteiger charge is 2.32. The van der Waals surface area contributed by atoms with Crippen LogP contribution in [0.4, 0.5) is 4.39 Å². The summed E-state index contributed by atoms with van der Waals surface area (Å²) < 4.78 is 14.1. The maximum absolute atomic E-state index is 14.1. The number of hydrogen-bond acceptors (Lipinski definition) is 6. The molecule has 8 nitrogen and oxygen atoms in total. The third-order valence-corrected chi connectivity index (χ3v) is 7.70. The monoisotopic (exact) mass is 513 g/mol. The molecule has 2 N–H and O–H groups in total. The maximum atomic E-state index is 14.1. The number of thiazole rings is 1. The number of fused-ring (bicyclic) bond motifs is 1. The number of carbonyl (C=O) groups is 3. The van der Waals surface area contributed by atoms with Crippen LogP contribution in [0.15, 0.2) is 24.4 Å². The number of likely N-dealkylation sites (tertiary alicyclic amines) is 1. The molecular formula is C26H32FN5O3S. The van der Waals surface area contributed by atoms with Crippen molar-refractivity contribution in [3.8, 4) is 0 Å². The third-order valence-electron chi connectivity index (χ3n) is 6.79. The van der Waals surface area contributed by atoms with Crippen LogP contribution in [0.25, 0.3) is 11.0 Å². The topological polar surface area (TPSA) is 108 Å². The zero-order valence-corrected chi connectivity index (χ0v) is 21.7. The van der Waals surface area contributed by atoms with E-state index in [0.29, 0.717) is 22.8 Å². The van der Waals surface area contributed by atoms with Crippen LogP contribution in [-0.4, -0.2) is 56.1 Å². The maximum Gasteiger partial charge on any atom is 0.263 e. The lowest BCUT2D eigenvalue weighted by atomic mass is 9.95. The van der Waals surface area contributed by atoms with Crippen LogP contribution in [-0.2, 0) is 9.59 Å².